The maximum absolute atomic E-state index is 11.0. The Morgan fingerprint density at radius 3 is 2.29 bits per heavy atom. The summed E-state index contributed by atoms with van der Waals surface area (Å²) < 4.78 is 1.91. The van der Waals surface area contributed by atoms with E-state index < -0.39 is 5.97 Å². The summed E-state index contributed by atoms with van der Waals surface area (Å²) in [6.07, 6.45) is 3.70. The third kappa shape index (κ3) is 3.11. The predicted octanol–water partition coefficient (Wildman–Crippen LogP) is 4.24. The van der Waals surface area contributed by atoms with E-state index in [1.807, 2.05) is 59.3 Å². The fraction of sp³-hybridized carbons (Fsp3) is 0. The minimum Gasteiger partial charge on any atom is -0.478 e. The zero-order chi connectivity index (χ0) is 16.9. The average molecular weight is 314 g/mol. The summed E-state index contributed by atoms with van der Waals surface area (Å²) >= 11 is 0. The second-order valence-corrected chi connectivity index (χ2v) is 5.19. The molecule has 0 bridgehead atoms. The van der Waals surface area contributed by atoms with Gasteiger partial charge in [0, 0.05) is 17.6 Å². The Hall–Kier alpha value is -3.58. The first kappa shape index (κ1) is 15.3. The van der Waals surface area contributed by atoms with Crippen LogP contribution in [0.4, 0.5) is 0 Å². The van der Waals surface area contributed by atoms with E-state index in [1.165, 1.54) is 0 Å². The summed E-state index contributed by atoms with van der Waals surface area (Å²) in [7, 11) is 0. The van der Waals surface area contributed by atoms with E-state index in [0.29, 0.717) is 5.57 Å². The molecule has 0 unspecified atom stereocenters. The van der Waals surface area contributed by atoms with Crippen molar-refractivity contribution in [3.05, 3.63) is 89.7 Å². The molecule has 4 nitrogen and oxygen atoms in total. The molecule has 0 atom stereocenters. The van der Waals surface area contributed by atoms with Gasteiger partial charge < -0.3 is 9.67 Å². The van der Waals surface area contributed by atoms with Crippen LogP contribution in [0.2, 0.25) is 0 Å². The molecule has 1 heterocycles. The van der Waals surface area contributed by atoms with Crippen LogP contribution in [-0.4, -0.2) is 15.6 Å². The van der Waals surface area contributed by atoms with Gasteiger partial charge in [-0.3, -0.25) is 0 Å². The minimum absolute atomic E-state index is 0.241. The number of carboxylic acid groups (broad SMARTS) is 1. The molecule has 4 heteroatoms. The van der Waals surface area contributed by atoms with E-state index in [-0.39, 0.29) is 5.56 Å². The normalized spacial score (nSPS) is 11.0. The molecule has 2 aromatic carbocycles. The zero-order valence-electron chi connectivity index (χ0n) is 12.8. The quantitative estimate of drug-likeness (QED) is 0.732. The Morgan fingerprint density at radius 1 is 0.958 bits per heavy atom. The van der Waals surface area contributed by atoms with Gasteiger partial charge in [-0.2, -0.15) is 5.26 Å². The number of carboxylic acids is 1. The lowest BCUT2D eigenvalue weighted by molar-refractivity contribution is 0.0697. The van der Waals surface area contributed by atoms with Gasteiger partial charge in [-0.25, -0.2) is 4.79 Å². The van der Waals surface area contributed by atoms with E-state index >= 15 is 0 Å². The molecule has 0 aliphatic rings. The number of aromatic carboxylic acids is 1. The monoisotopic (exact) mass is 314 g/mol. The minimum atomic E-state index is -0.954. The number of carbonyl (C=O) groups is 1. The number of nitrogens with zero attached hydrogens (tertiary/aromatic N) is 2. The SMILES string of the molecule is N#C/C(=C\c1cccn1-c1ccc(C(=O)O)cc1)c1ccccc1. The summed E-state index contributed by atoms with van der Waals surface area (Å²) in [5.41, 5.74) is 3.34. The Balaban J connectivity index is 2.00. The highest BCUT2D eigenvalue weighted by Crippen LogP contribution is 2.20. The smallest absolute Gasteiger partial charge is 0.335 e. The average Bonchev–Trinajstić information content (AvgIpc) is 3.08. The number of benzene rings is 2. The Kier molecular flexibility index (Phi) is 4.26. The van der Waals surface area contributed by atoms with E-state index in [1.54, 1.807) is 24.3 Å². The Morgan fingerprint density at radius 2 is 1.67 bits per heavy atom. The molecule has 0 amide bonds. The topological polar surface area (TPSA) is 66.0 Å². The molecule has 0 aliphatic heterocycles. The summed E-state index contributed by atoms with van der Waals surface area (Å²) in [5, 5.41) is 18.4. The Labute approximate surface area is 139 Å². The van der Waals surface area contributed by atoms with Crippen LogP contribution in [0.25, 0.3) is 17.3 Å². The van der Waals surface area contributed by atoms with Gasteiger partial charge in [-0.15, -0.1) is 0 Å². The number of allylic oxidation sites excluding steroid dienone is 1. The molecule has 3 rings (SSSR count). The maximum atomic E-state index is 11.0. The van der Waals surface area contributed by atoms with E-state index in [9.17, 15) is 10.1 Å². The summed E-state index contributed by atoms with van der Waals surface area (Å²) in [5.74, 6) is -0.954. The fourth-order valence-corrected chi connectivity index (χ4v) is 2.46. The number of aromatic nitrogens is 1. The van der Waals surface area contributed by atoms with Crippen molar-refractivity contribution in [3.63, 3.8) is 0 Å². The molecule has 0 saturated carbocycles. The third-order valence-electron chi connectivity index (χ3n) is 3.67. The highest BCUT2D eigenvalue weighted by molar-refractivity contribution is 5.89. The largest absolute Gasteiger partial charge is 0.478 e. The van der Waals surface area contributed by atoms with Gasteiger partial charge in [0.25, 0.3) is 0 Å². The van der Waals surface area contributed by atoms with Gasteiger partial charge >= 0.3 is 5.97 Å². The van der Waals surface area contributed by atoms with Crippen LogP contribution in [0, 0.1) is 11.3 Å². The summed E-state index contributed by atoms with van der Waals surface area (Å²) in [6.45, 7) is 0. The molecule has 0 radical (unpaired) electrons. The van der Waals surface area contributed by atoms with E-state index in [2.05, 4.69) is 6.07 Å². The molecule has 0 fully saturated rings. The molecule has 3 aromatic rings. The highest BCUT2D eigenvalue weighted by atomic mass is 16.4. The van der Waals surface area contributed by atoms with Crippen molar-refractivity contribution in [1.29, 1.82) is 5.26 Å². The highest BCUT2D eigenvalue weighted by Gasteiger charge is 2.07. The van der Waals surface area contributed by atoms with Crippen molar-refractivity contribution in [2.24, 2.45) is 0 Å². The summed E-state index contributed by atoms with van der Waals surface area (Å²) in [6, 6.07) is 22.1. The van der Waals surface area contributed by atoms with Gasteiger partial charge in [0.2, 0.25) is 0 Å². The van der Waals surface area contributed by atoms with Gasteiger partial charge in [-0.1, -0.05) is 30.3 Å². The van der Waals surface area contributed by atoms with Crippen molar-refractivity contribution in [1.82, 2.24) is 4.57 Å². The second kappa shape index (κ2) is 6.67. The van der Waals surface area contributed by atoms with Gasteiger partial charge in [-0.05, 0) is 48.0 Å². The maximum Gasteiger partial charge on any atom is 0.335 e. The van der Waals surface area contributed by atoms with Crippen molar-refractivity contribution >= 4 is 17.6 Å². The van der Waals surface area contributed by atoms with Crippen molar-refractivity contribution in [3.8, 4) is 11.8 Å². The number of hydrogen-bond donors (Lipinski definition) is 1. The standard InChI is InChI=1S/C20H14N2O2/c21-14-17(15-5-2-1-3-6-15)13-19-7-4-12-22(19)18-10-8-16(9-11-18)20(23)24/h1-13H,(H,23,24)/b17-13+. The number of hydrogen-bond acceptors (Lipinski definition) is 2. The fourth-order valence-electron chi connectivity index (χ4n) is 2.46. The van der Waals surface area contributed by atoms with E-state index in [4.69, 9.17) is 5.11 Å². The van der Waals surface area contributed by atoms with Gasteiger partial charge in [0.1, 0.15) is 0 Å². The molecular formula is C20H14N2O2. The Bertz CT molecular complexity index is 930. The van der Waals surface area contributed by atoms with Crippen molar-refractivity contribution < 1.29 is 9.90 Å². The van der Waals surface area contributed by atoms with Crippen LogP contribution in [-0.2, 0) is 0 Å². The van der Waals surface area contributed by atoms with E-state index in [0.717, 1.165) is 16.9 Å². The second-order valence-electron chi connectivity index (χ2n) is 5.19. The van der Waals surface area contributed by atoms with Crippen LogP contribution in [0.1, 0.15) is 21.6 Å². The zero-order valence-corrected chi connectivity index (χ0v) is 12.8. The molecule has 24 heavy (non-hydrogen) atoms. The first-order valence-electron chi connectivity index (χ1n) is 7.37. The molecule has 0 saturated heterocycles. The molecule has 1 N–H and O–H groups in total. The van der Waals surface area contributed by atoms with Crippen LogP contribution in [0.15, 0.2) is 72.9 Å². The number of nitriles is 1. The lowest BCUT2D eigenvalue weighted by Crippen LogP contribution is -1.99. The van der Waals surface area contributed by atoms with Gasteiger partial charge in [0.15, 0.2) is 0 Å². The first-order valence-corrected chi connectivity index (χ1v) is 7.37. The lowest BCUT2D eigenvalue weighted by atomic mass is 10.1. The van der Waals surface area contributed by atoms with Crippen LogP contribution in [0.3, 0.4) is 0 Å². The van der Waals surface area contributed by atoms with Crippen molar-refractivity contribution in [2.45, 2.75) is 0 Å². The lowest BCUT2D eigenvalue weighted by Gasteiger charge is -2.08. The van der Waals surface area contributed by atoms with Crippen LogP contribution in [0.5, 0.6) is 0 Å². The molecular weight excluding hydrogens is 300 g/mol. The van der Waals surface area contributed by atoms with Crippen LogP contribution < -0.4 is 0 Å². The third-order valence-corrected chi connectivity index (χ3v) is 3.67. The first-order chi connectivity index (χ1) is 11.7. The molecule has 1 aromatic heterocycles. The molecule has 0 aliphatic carbocycles. The van der Waals surface area contributed by atoms with Crippen LogP contribution >= 0.6 is 0 Å². The molecule has 0 spiro atoms. The molecule has 116 valence electrons. The van der Waals surface area contributed by atoms with Crippen molar-refractivity contribution in [2.75, 3.05) is 0 Å². The summed E-state index contributed by atoms with van der Waals surface area (Å²) in [4.78, 5) is 11.0. The predicted molar refractivity (Wildman–Crippen MR) is 92.7 cm³/mol. The number of rotatable bonds is 4. The van der Waals surface area contributed by atoms with Gasteiger partial charge in [0.05, 0.1) is 17.2 Å².